The molecule has 2 aromatic rings. The van der Waals surface area contributed by atoms with E-state index in [1.54, 1.807) is 0 Å². The topological polar surface area (TPSA) is 28.6 Å². The summed E-state index contributed by atoms with van der Waals surface area (Å²) in [6, 6.07) is 9.29. The van der Waals surface area contributed by atoms with Gasteiger partial charge in [0, 0.05) is 48.0 Å². The van der Waals surface area contributed by atoms with Crippen LogP contribution in [0.5, 0.6) is 0 Å². The van der Waals surface area contributed by atoms with Gasteiger partial charge < -0.3 is 9.64 Å². The quantitative estimate of drug-likeness (QED) is 0.837. The Balaban J connectivity index is 1.43. The molecule has 1 saturated carbocycles. The predicted octanol–water partition coefficient (Wildman–Crippen LogP) is 3.19. The molecule has 0 N–H and O–H groups in total. The van der Waals surface area contributed by atoms with Crippen LogP contribution in [0.1, 0.15) is 12.8 Å². The number of benzene rings is 1. The first-order valence-corrected chi connectivity index (χ1v) is 9.30. The third-order valence-corrected chi connectivity index (χ3v) is 5.98. The molecule has 4 nitrogen and oxygen atoms in total. The van der Waals surface area contributed by atoms with Crippen molar-refractivity contribution in [1.29, 1.82) is 0 Å². The average molecular weight is 344 g/mol. The van der Waals surface area contributed by atoms with Crippen LogP contribution in [0.2, 0.25) is 5.02 Å². The Morgan fingerprint density at radius 2 is 2.04 bits per heavy atom. The molecule has 2 aliphatic heterocycles. The molecular weight excluding hydrogens is 322 g/mol. The second kappa shape index (κ2) is 5.87. The van der Waals surface area contributed by atoms with E-state index in [9.17, 15) is 0 Å². The van der Waals surface area contributed by atoms with Gasteiger partial charge in [0.05, 0.1) is 24.8 Å². The van der Waals surface area contributed by atoms with Gasteiger partial charge >= 0.3 is 0 Å². The summed E-state index contributed by atoms with van der Waals surface area (Å²) < 4.78 is 5.94. The molecule has 5 heteroatoms. The van der Waals surface area contributed by atoms with Crippen molar-refractivity contribution in [3.63, 3.8) is 0 Å². The van der Waals surface area contributed by atoms with Gasteiger partial charge in [-0.15, -0.1) is 0 Å². The Bertz CT molecular complexity index is 763. The Labute approximate surface area is 147 Å². The lowest BCUT2D eigenvalue weighted by Gasteiger charge is -2.49. The maximum absolute atomic E-state index is 6.12. The number of ether oxygens (including phenoxy) is 1. The lowest BCUT2D eigenvalue weighted by atomic mass is 10.0. The number of fused-ring (bicyclic) bond motifs is 2. The zero-order valence-electron chi connectivity index (χ0n) is 13.7. The second-order valence-corrected chi connectivity index (χ2v) is 7.71. The molecule has 1 aromatic heterocycles. The number of nitrogens with zero attached hydrogens (tertiary/aromatic N) is 3. The number of pyridine rings is 1. The smallest absolute Gasteiger partial charge is 0.0737 e. The summed E-state index contributed by atoms with van der Waals surface area (Å²) in [5.74, 6) is 0.878. The molecule has 0 unspecified atom stereocenters. The minimum absolute atomic E-state index is 0.508. The Morgan fingerprint density at radius 1 is 1.12 bits per heavy atom. The molecule has 24 heavy (non-hydrogen) atoms. The van der Waals surface area contributed by atoms with Crippen LogP contribution >= 0.6 is 11.6 Å². The summed E-state index contributed by atoms with van der Waals surface area (Å²) in [5, 5.41) is 1.93. The molecule has 1 aliphatic carbocycles. The van der Waals surface area contributed by atoms with Gasteiger partial charge in [-0.2, -0.15) is 0 Å². The van der Waals surface area contributed by atoms with E-state index in [1.807, 2.05) is 18.3 Å². The minimum Gasteiger partial charge on any atom is -0.378 e. The van der Waals surface area contributed by atoms with Gasteiger partial charge in [0.25, 0.3) is 0 Å². The third-order valence-electron chi connectivity index (χ3n) is 5.74. The van der Waals surface area contributed by atoms with Crippen LogP contribution in [-0.4, -0.2) is 54.8 Å². The average Bonchev–Trinajstić information content (AvgIpc) is 3.45. The van der Waals surface area contributed by atoms with Crippen molar-refractivity contribution in [3.05, 3.63) is 35.5 Å². The van der Waals surface area contributed by atoms with E-state index in [4.69, 9.17) is 16.3 Å². The van der Waals surface area contributed by atoms with Gasteiger partial charge in [0.2, 0.25) is 0 Å². The van der Waals surface area contributed by atoms with Crippen LogP contribution in [-0.2, 0) is 4.74 Å². The van der Waals surface area contributed by atoms with E-state index in [0.717, 1.165) is 49.3 Å². The zero-order chi connectivity index (χ0) is 16.1. The SMILES string of the molecule is Clc1ccc2c(N3CCN4[C@@H](COC[C@@H]4C4CC4)C3)ccnc2c1. The molecule has 3 fully saturated rings. The molecule has 0 bridgehead atoms. The monoisotopic (exact) mass is 343 g/mol. The van der Waals surface area contributed by atoms with Gasteiger partial charge in [0.15, 0.2) is 0 Å². The normalized spacial score (nSPS) is 28.1. The highest BCUT2D eigenvalue weighted by Crippen LogP contribution is 2.39. The number of halogens is 1. The summed E-state index contributed by atoms with van der Waals surface area (Å²) in [6.45, 7) is 5.02. The number of morpholine rings is 1. The first kappa shape index (κ1) is 14.9. The van der Waals surface area contributed by atoms with Crippen molar-refractivity contribution in [2.45, 2.75) is 24.9 Å². The first-order valence-electron chi connectivity index (χ1n) is 8.92. The highest BCUT2D eigenvalue weighted by atomic mass is 35.5. The second-order valence-electron chi connectivity index (χ2n) is 7.27. The molecule has 2 saturated heterocycles. The fourth-order valence-corrected chi connectivity index (χ4v) is 4.53. The molecule has 2 atom stereocenters. The largest absolute Gasteiger partial charge is 0.378 e. The van der Waals surface area contributed by atoms with Crippen molar-refractivity contribution < 1.29 is 4.74 Å². The van der Waals surface area contributed by atoms with Crippen molar-refractivity contribution in [3.8, 4) is 0 Å². The molecular formula is C19H22ClN3O. The van der Waals surface area contributed by atoms with E-state index in [-0.39, 0.29) is 0 Å². The van der Waals surface area contributed by atoms with Gasteiger partial charge in [0.1, 0.15) is 0 Å². The van der Waals surface area contributed by atoms with E-state index in [1.165, 1.54) is 23.9 Å². The number of hydrogen-bond donors (Lipinski definition) is 0. The summed E-state index contributed by atoms with van der Waals surface area (Å²) >= 11 is 6.12. The number of aromatic nitrogens is 1. The van der Waals surface area contributed by atoms with Crippen LogP contribution < -0.4 is 4.90 Å². The van der Waals surface area contributed by atoms with Crippen LogP contribution in [0, 0.1) is 5.92 Å². The number of piperazine rings is 1. The molecule has 0 amide bonds. The molecule has 126 valence electrons. The van der Waals surface area contributed by atoms with E-state index in [2.05, 4.69) is 26.9 Å². The van der Waals surface area contributed by atoms with Crippen molar-refractivity contribution >= 4 is 28.2 Å². The van der Waals surface area contributed by atoms with E-state index < -0.39 is 0 Å². The highest BCUT2D eigenvalue weighted by Gasteiger charge is 2.42. The predicted molar refractivity (Wildman–Crippen MR) is 96.8 cm³/mol. The summed E-state index contributed by atoms with van der Waals surface area (Å²) in [6.07, 6.45) is 4.66. The molecule has 3 aliphatic rings. The minimum atomic E-state index is 0.508. The Morgan fingerprint density at radius 3 is 2.92 bits per heavy atom. The van der Waals surface area contributed by atoms with Crippen LogP contribution in [0.25, 0.3) is 10.9 Å². The summed E-state index contributed by atoms with van der Waals surface area (Å²) in [5.41, 5.74) is 2.24. The Hall–Kier alpha value is -1.36. The maximum atomic E-state index is 6.12. The summed E-state index contributed by atoms with van der Waals surface area (Å²) in [4.78, 5) is 9.69. The number of hydrogen-bond acceptors (Lipinski definition) is 4. The number of rotatable bonds is 2. The molecule has 3 heterocycles. The number of anilines is 1. The first-order chi connectivity index (χ1) is 11.8. The van der Waals surface area contributed by atoms with Gasteiger partial charge in [-0.3, -0.25) is 9.88 Å². The lowest BCUT2D eigenvalue weighted by Crippen LogP contribution is -2.62. The third kappa shape index (κ3) is 2.57. The van der Waals surface area contributed by atoms with Crippen molar-refractivity contribution in [1.82, 2.24) is 9.88 Å². The zero-order valence-corrected chi connectivity index (χ0v) is 14.5. The van der Waals surface area contributed by atoms with E-state index in [0.29, 0.717) is 12.1 Å². The fourth-order valence-electron chi connectivity index (χ4n) is 4.36. The van der Waals surface area contributed by atoms with Crippen molar-refractivity contribution in [2.75, 3.05) is 37.7 Å². The van der Waals surface area contributed by atoms with Gasteiger partial charge in [-0.25, -0.2) is 0 Å². The fraction of sp³-hybridized carbons (Fsp3) is 0.526. The highest BCUT2D eigenvalue weighted by molar-refractivity contribution is 6.31. The molecule has 1 aromatic carbocycles. The standard InChI is InChI=1S/C19H22ClN3O/c20-14-3-4-16-17(9-14)21-6-5-18(16)22-7-8-23-15(10-22)11-24-12-19(23)13-1-2-13/h3-6,9,13,15,19H,1-2,7-8,10-12H2/t15-,19-/m1/s1. The molecule has 0 radical (unpaired) electrons. The van der Waals surface area contributed by atoms with Crippen LogP contribution in [0.15, 0.2) is 30.5 Å². The van der Waals surface area contributed by atoms with Gasteiger partial charge in [-0.05, 0) is 43.0 Å². The van der Waals surface area contributed by atoms with Gasteiger partial charge in [-0.1, -0.05) is 11.6 Å². The molecule has 0 spiro atoms. The maximum Gasteiger partial charge on any atom is 0.0737 e. The van der Waals surface area contributed by atoms with Crippen LogP contribution in [0.4, 0.5) is 5.69 Å². The van der Waals surface area contributed by atoms with E-state index >= 15 is 0 Å². The van der Waals surface area contributed by atoms with Crippen LogP contribution in [0.3, 0.4) is 0 Å². The Kier molecular flexibility index (Phi) is 3.65. The lowest BCUT2D eigenvalue weighted by molar-refractivity contribution is -0.0602. The van der Waals surface area contributed by atoms with Crippen molar-refractivity contribution in [2.24, 2.45) is 5.92 Å². The molecule has 5 rings (SSSR count). The summed E-state index contributed by atoms with van der Waals surface area (Å²) in [7, 11) is 0.